The SMILES string of the molecule is C/C(=C/CCNC(C)C)Cc1cccnc1. The molecule has 0 aromatic carbocycles. The van der Waals surface area contributed by atoms with Crippen molar-refractivity contribution in [2.24, 2.45) is 0 Å². The lowest BCUT2D eigenvalue weighted by Crippen LogP contribution is -2.23. The molecule has 0 atom stereocenters. The second-order valence-electron chi connectivity index (χ2n) is 4.49. The molecule has 1 aromatic heterocycles. The molecule has 0 aliphatic carbocycles. The first-order valence-electron chi connectivity index (χ1n) is 5.96. The second-order valence-corrected chi connectivity index (χ2v) is 4.49. The van der Waals surface area contributed by atoms with E-state index >= 15 is 0 Å². The minimum atomic E-state index is 0.576. The molecule has 1 heterocycles. The van der Waals surface area contributed by atoms with Gasteiger partial charge < -0.3 is 5.32 Å². The van der Waals surface area contributed by atoms with Gasteiger partial charge in [0.05, 0.1) is 0 Å². The van der Waals surface area contributed by atoms with Gasteiger partial charge in [-0.15, -0.1) is 0 Å². The van der Waals surface area contributed by atoms with Gasteiger partial charge in [-0.25, -0.2) is 0 Å². The summed E-state index contributed by atoms with van der Waals surface area (Å²) in [5.41, 5.74) is 2.70. The van der Waals surface area contributed by atoms with E-state index in [-0.39, 0.29) is 0 Å². The van der Waals surface area contributed by atoms with Gasteiger partial charge in [-0.1, -0.05) is 31.6 Å². The van der Waals surface area contributed by atoms with Crippen LogP contribution < -0.4 is 5.32 Å². The molecular formula is C14H22N2. The third-order valence-electron chi connectivity index (χ3n) is 2.40. The van der Waals surface area contributed by atoms with Gasteiger partial charge in [0.2, 0.25) is 0 Å². The topological polar surface area (TPSA) is 24.9 Å². The van der Waals surface area contributed by atoms with Crippen molar-refractivity contribution >= 4 is 0 Å². The average molecular weight is 218 g/mol. The maximum absolute atomic E-state index is 4.12. The van der Waals surface area contributed by atoms with Crippen LogP contribution in [0.2, 0.25) is 0 Å². The Morgan fingerprint density at radius 3 is 2.94 bits per heavy atom. The van der Waals surface area contributed by atoms with Crippen molar-refractivity contribution in [3.8, 4) is 0 Å². The van der Waals surface area contributed by atoms with E-state index in [0.29, 0.717) is 6.04 Å². The molecular weight excluding hydrogens is 196 g/mol. The van der Waals surface area contributed by atoms with Crippen molar-refractivity contribution in [3.05, 3.63) is 41.7 Å². The summed E-state index contributed by atoms with van der Waals surface area (Å²) in [6, 6.07) is 4.69. The number of rotatable bonds is 6. The fourth-order valence-corrected chi connectivity index (χ4v) is 1.59. The summed E-state index contributed by atoms with van der Waals surface area (Å²) in [6.45, 7) is 7.59. The maximum Gasteiger partial charge on any atom is 0.0303 e. The van der Waals surface area contributed by atoms with Crippen molar-refractivity contribution in [3.63, 3.8) is 0 Å². The van der Waals surface area contributed by atoms with Gasteiger partial charge in [0.15, 0.2) is 0 Å². The molecule has 0 radical (unpaired) electrons. The predicted octanol–water partition coefficient (Wildman–Crippen LogP) is 2.96. The van der Waals surface area contributed by atoms with Gasteiger partial charge in [0, 0.05) is 18.4 Å². The summed E-state index contributed by atoms with van der Waals surface area (Å²) in [7, 11) is 0. The summed E-state index contributed by atoms with van der Waals surface area (Å²) in [5, 5.41) is 3.41. The third-order valence-corrected chi connectivity index (χ3v) is 2.40. The molecule has 2 nitrogen and oxygen atoms in total. The number of hydrogen-bond donors (Lipinski definition) is 1. The molecule has 1 aromatic rings. The molecule has 2 heteroatoms. The molecule has 0 spiro atoms. The van der Waals surface area contributed by atoms with Crippen LogP contribution in [0.1, 0.15) is 32.8 Å². The third kappa shape index (κ3) is 5.66. The quantitative estimate of drug-likeness (QED) is 0.586. The van der Waals surface area contributed by atoms with E-state index in [4.69, 9.17) is 0 Å². The van der Waals surface area contributed by atoms with Crippen LogP contribution in [0.3, 0.4) is 0 Å². The van der Waals surface area contributed by atoms with E-state index in [9.17, 15) is 0 Å². The molecule has 88 valence electrons. The molecule has 0 unspecified atom stereocenters. The molecule has 0 amide bonds. The lowest BCUT2D eigenvalue weighted by Gasteiger charge is -2.06. The standard InChI is InChI=1S/C14H22N2/c1-12(2)16-9-4-6-13(3)10-14-7-5-8-15-11-14/h5-8,11-12,16H,4,9-10H2,1-3H3/b13-6-. The summed E-state index contributed by atoms with van der Waals surface area (Å²) >= 11 is 0. The fourth-order valence-electron chi connectivity index (χ4n) is 1.59. The van der Waals surface area contributed by atoms with Gasteiger partial charge in [0.1, 0.15) is 0 Å². The molecule has 0 bridgehead atoms. The normalized spacial score (nSPS) is 12.1. The van der Waals surface area contributed by atoms with Crippen LogP contribution >= 0.6 is 0 Å². The van der Waals surface area contributed by atoms with E-state index in [1.165, 1.54) is 11.1 Å². The highest BCUT2D eigenvalue weighted by Gasteiger charge is 1.94. The number of nitrogens with zero attached hydrogens (tertiary/aromatic N) is 1. The zero-order chi connectivity index (χ0) is 11.8. The Kier molecular flexibility index (Phi) is 5.79. The Labute approximate surface area is 98.8 Å². The van der Waals surface area contributed by atoms with Crippen molar-refractivity contribution in [2.75, 3.05) is 6.54 Å². The van der Waals surface area contributed by atoms with Crippen LogP contribution in [-0.2, 0) is 6.42 Å². The summed E-state index contributed by atoms with van der Waals surface area (Å²) in [5.74, 6) is 0. The first-order valence-corrected chi connectivity index (χ1v) is 5.96. The maximum atomic E-state index is 4.12. The molecule has 1 N–H and O–H groups in total. The van der Waals surface area contributed by atoms with Crippen molar-refractivity contribution in [1.82, 2.24) is 10.3 Å². The zero-order valence-electron chi connectivity index (χ0n) is 10.5. The van der Waals surface area contributed by atoms with E-state index in [1.54, 1.807) is 0 Å². The molecule has 1 rings (SSSR count). The van der Waals surface area contributed by atoms with Crippen LogP contribution in [0.15, 0.2) is 36.2 Å². The van der Waals surface area contributed by atoms with Crippen molar-refractivity contribution in [1.29, 1.82) is 0 Å². The fraction of sp³-hybridized carbons (Fsp3) is 0.500. The lowest BCUT2D eigenvalue weighted by molar-refractivity contribution is 0.594. The van der Waals surface area contributed by atoms with Gasteiger partial charge >= 0.3 is 0 Å². The Hall–Kier alpha value is -1.15. The Morgan fingerprint density at radius 2 is 2.31 bits per heavy atom. The smallest absolute Gasteiger partial charge is 0.0303 e. The van der Waals surface area contributed by atoms with Crippen molar-refractivity contribution in [2.45, 2.75) is 39.7 Å². The largest absolute Gasteiger partial charge is 0.314 e. The highest BCUT2D eigenvalue weighted by molar-refractivity contribution is 5.17. The van der Waals surface area contributed by atoms with Gasteiger partial charge in [-0.05, 0) is 37.9 Å². The Bertz CT molecular complexity index is 315. The molecule has 16 heavy (non-hydrogen) atoms. The average Bonchev–Trinajstić information content (AvgIpc) is 2.25. The zero-order valence-corrected chi connectivity index (χ0v) is 10.5. The van der Waals surface area contributed by atoms with E-state index in [2.05, 4.69) is 43.2 Å². The summed E-state index contributed by atoms with van der Waals surface area (Å²) in [4.78, 5) is 4.12. The Balaban J connectivity index is 2.29. The van der Waals surface area contributed by atoms with Gasteiger partial charge in [-0.3, -0.25) is 4.98 Å². The number of allylic oxidation sites excluding steroid dienone is 1. The Morgan fingerprint density at radius 1 is 1.50 bits per heavy atom. The minimum absolute atomic E-state index is 0.576. The van der Waals surface area contributed by atoms with Gasteiger partial charge in [0.25, 0.3) is 0 Å². The molecule has 0 aliphatic heterocycles. The summed E-state index contributed by atoms with van der Waals surface area (Å²) < 4.78 is 0. The molecule has 0 fully saturated rings. The van der Waals surface area contributed by atoms with Crippen LogP contribution in [0.5, 0.6) is 0 Å². The monoisotopic (exact) mass is 218 g/mol. The molecule has 0 aliphatic rings. The highest BCUT2D eigenvalue weighted by Crippen LogP contribution is 2.06. The minimum Gasteiger partial charge on any atom is -0.314 e. The van der Waals surface area contributed by atoms with Gasteiger partial charge in [-0.2, -0.15) is 0 Å². The van der Waals surface area contributed by atoms with Crippen LogP contribution in [0.4, 0.5) is 0 Å². The number of pyridine rings is 1. The first-order chi connectivity index (χ1) is 7.68. The van der Waals surface area contributed by atoms with Crippen LogP contribution in [0.25, 0.3) is 0 Å². The predicted molar refractivity (Wildman–Crippen MR) is 69.5 cm³/mol. The number of hydrogen-bond acceptors (Lipinski definition) is 2. The highest BCUT2D eigenvalue weighted by atomic mass is 14.9. The number of nitrogens with one attached hydrogen (secondary N) is 1. The summed E-state index contributed by atoms with van der Waals surface area (Å²) in [6.07, 6.45) is 8.17. The van der Waals surface area contributed by atoms with Crippen LogP contribution in [0, 0.1) is 0 Å². The van der Waals surface area contributed by atoms with E-state index < -0.39 is 0 Å². The second kappa shape index (κ2) is 7.18. The van der Waals surface area contributed by atoms with E-state index in [1.807, 2.05) is 18.5 Å². The molecule has 0 saturated carbocycles. The molecule has 0 saturated heterocycles. The first kappa shape index (κ1) is 12.9. The van der Waals surface area contributed by atoms with Crippen LogP contribution in [-0.4, -0.2) is 17.6 Å². The lowest BCUT2D eigenvalue weighted by atomic mass is 10.1. The number of aromatic nitrogens is 1. The van der Waals surface area contributed by atoms with Crippen molar-refractivity contribution < 1.29 is 0 Å². The van der Waals surface area contributed by atoms with E-state index in [0.717, 1.165) is 19.4 Å².